The lowest BCUT2D eigenvalue weighted by Gasteiger charge is -2.18. The molecule has 0 atom stereocenters. The van der Waals surface area contributed by atoms with Gasteiger partial charge in [-0.05, 0) is 41.4 Å². The largest absolute Gasteiger partial charge is 0.342 e. The molecule has 0 aliphatic heterocycles. The van der Waals surface area contributed by atoms with E-state index in [0.29, 0.717) is 13.1 Å². The molecule has 1 aromatic heterocycles. The third kappa shape index (κ3) is 4.83. The van der Waals surface area contributed by atoms with Crippen molar-refractivity contribution in [3.8, 4) is 0 Å². The van der Waals surface area contributed by atoms with E-state index in [1.54, 1.807) is 12.4 Å². The number of nitrogens with zero attached hydrogens (tertiary/aromatic N) is 2. The molecule has 0 radical (unpaired) electrons. The molecule has 0 saturated carbocycles. The lowest BCUT2D eigenvalue weighted by molar-refractivity contribution is -0.129. The zero-order valence-corrected chi connectivity index (χ0v) is 11.8. The van der Waals surface area contributed by atoms with Gasteiger partial charge >= 0.3 is 0 Å². The molecule has 0 saturated heterocycles. The van der Waals surface area contributed by atoms with Gasteiger partial charge in [-0.25, -0.2) is 0 Å². The van der Waals surface area contributed by atoms with Crippen LogP contribution in [0.1, 0.15) is 19.4 Å². The number of rotatable bonds is 6. The molecular weight excluding hydrogens is 282 g/mol. The summed E-state index contributed by atoms with van der Waals surface area (Å²) in [6.07, 6.45) is 3.53. The predicted octanol–water partition coefficient (Wildman–Crippen LogP) is 1.80. The minimum absolute atomic E-state index is 0.137. The summed E-state index contributed by atoms with van der Waals surface area (Å²) in [4.78, 5) is 17.6. The number of carbonyl (C=O) groups excluding carboxylic acids is 1. The van der Waals surface area contributed by atoms with Gasteiger partial charge in [-0.2, -0.15) is 0 Å². The van der Waals surface area contributed by atoms with Crippen LogP contribution in [-0.2, 0) is 11.3 Å². The second-order valence-electron chi connectivity index (χ2n) is 3.68. The topological polar surface area (TPSA) is 45.2 Å². The first-order valence-corrected chi connectivity index (χ1v) is 6.54. The fourth-order valence-electron chi connectivity index (χ4n) is 1.55. The number of halogens is 1. The molecule has 94 valence electrons. The van der Waals surface area contributed by atoms with Gasteiger partial charge in [0.2, 0.25) is 5.91 Å². The summed E-state index contributed by atoms with van der Waals surface area (Å²) < 4.78 is 0.951. The van der Waals surface area contributed by atoms with Crippen LogP contribution >= 0.6 is 15.9 Å². The van der Waals surface area contributed by atoms with Crippen LogP contribution in [0.3, 0.4) is 0 Å². The highest BCUT2D eigenvalue weighted by molar-refractivity contribution is 9.10. The standard InChI is InChI=1S/C12H18BrN3O/c1-3-16(4-2)12(17)9-15-7-10-5-11(13)8-14-6-10/h5-6,8,15H,3-4,7,9H2,1-2H3. The van der Waals surface area contributed by atoms with Crippen molar-refractivity contribution in [3.05, 3.63) is 28.5 Å². The number of likely N-dealkylation sites (N-methyl/N-ethyl adjacent to an activating group) is 1. The average molecular weight is 300 g/mol. The maximum absolute atomic E-state index is 11.7. The molecule has 0 aliphatic carbocycles. The predicted molar refractivity (Wildman–Crippen MR) is 71.6 cm³/mol. The Bertz CT molecular complexity index is 367. The van der Waals surface area contributed by atoms with Gasteiger partial charge in [0.05, 0.1) is 6.54 Å². The van der Waals surface area contributed by atoms with Gasteiger partial charge in [-0.1, -0.05) is 0 Å². The second kappa shape index (κ2) is 7.40. The number of amides is 1. The van der Waals surface area contributed by atoms with Crippen molar-refractivity contribution in [3.63, 3.8) is 0 Å². The maximum atomic E-state index is 11.7. The Morgan fingerprint density at radius 2 is 2.12 bits per heavy atom. The zero-order chi connectivity index (χ0) is 12.7. The normalized spacial score (nSPS) is 10.3. The van der Waals surface area contributed by atoms with Crippen LogP contribution in [0.5, 0.6) is 0 Å². The van der Waals surface area contributed by atoms with E-state index in [1.807, 2.05) is 24.8 Å². The molecule has 1 heterocycles. The van der Waals surface area contributed by atoms with Crippen molar-refractivity contribution in [2.24, 2.45) is 0 Å². The van der Waals surface area contributed by atoms with Gasteiger partial charge in [0.25, 0.3) is 0 Å². The Labute approximate surface area is 111 Å². The van der Waals surface area contributed by atoms with E-state index >= 15 is 0 Å². The first kappa shape index (κ1) is 14.1. The number of nitrogens with one attached hydrogen (secondary N) is 1. The average Bonchev–Trinajstić information content (AvgIpc) is 2.30. The summed E-state index contributed by atoms with van der Waals surface area (Å²) in [6, 6.07) is 1.99. The molecule has 0 unspecified atom stereocenters. The second-order valence-corrected chi connectivity index (χ2v) is 4.60. The van der Waals surface area contributed by atoms with Crippen LogP contribution in [-0.4, -0.2) is 35.4 Å². The number of pyridine rings is 1. The van der Waals surface area contributed by atoms with Gasteiger partial charge in [0.1, 0.15) is 0 Å². The molecule has 17 heavy (non-hydrogen) atoms. The van der Waals surface area contributed by atoms with Crippen LogP contribution in [0.2, 0.25) is 0 Å². The molecular formula is C12H18BrN3O. The third-order valence-corrected chi connectivity index (χ3v) is 2.92. The van der Waals surface area contributed by atoms with Crippen LogP contribution < -0.4 is 5.32 Å². The van der Waals surface area contributed by atoms with Crippen molar-refractivity contribution in [1.82, 2.24) is 15.2 Å². The maximum Gasteiger partial charge on any atom is 0.236 e. The highest BCUT2D eigenvalue weighted by Gasteiger charge is 2.08. The monoisotopic (exact) mass is 299 g/mol. The van der Waals surface area contributed by atoms with Gasteiger partial charge in [-0.3, -0.25) is 9.78 Å². The molecule has 0 bridgehead atoms. The summed E-state index contributed by atoms with van der Waals surface area (Å²) in [5.74, 6) is 0.137. The van der Waals surface area contributed by atoms with Crippen molar-refractivity contribution >= 4 is 21.8 Å². The molecule has 4 nitrogen and oxygen atoms in total. The summed E-state index contributed by atoms with van der Waals surface area (Å²) in [7, 11) is 0. The highest BCUT2D eigenvalue weighted by atomic mass is 79.9. The van der Waals surface area contributed by atoms with Gasteiger partial charge in [0.15, 0.2) is 0 Å². The van der Waals surface area contributed by atoms with E-state index in [9.17, 15) is 4.79 Å². The lowest BCUT2D eigenvalue weighted by atomic mass is 10.3. The lowest BCUT2D eigenvalue weighted by Crippen LogP contribution is -2.37. The van der Waals surface area contributed by atoms with Crippen LogP contribution in [0, 0.1) is 0 Å². The Kier molecular flexibility index (Phi) is 6.15. The first-order chi connectivity index (χ1) is 8.17. The van der Waals surface area contributed by atoms with E-state index in [2.05, 4.69) is 26.2 Å². The molecule has 1 amide bonds. The fourth-order valence-corrected chi connectivity index (χ4v) is 1.97. The molecule has 0 spiro atoms. The summed E-state index contributed by atoms with van der Waals surface area (Å²) in [5, 5.41) is 3.13. The quantitative estimate of drug-likeness (QED) is 0.871. The number of hydrogen-bond donors (Lipinski definition) is 1. The van der Waals surface area contributed by atoms with Crippen molar-refractivity contribution in [2.45, 2.75) is 20.4 Å². The van der Waals surface area contributed by atoms with Crippen molar-refractivity contribution < 1.29 is 4.79 Å². The van der Waals surface area contributed by atoms with Crippen molar-refractivity contribution in [2.75, 3.05) is 19.6 Å². The number of hydrogen-bond acceptors (Lipinski definition) is 3. The molecule has 0 fully saturated rings. The summed E-state index contributed by atoms with van der Waals surface area (Å²) in [6.45, 7) is 6.51. The fraction of sp³-hybridized carbons (Fsp3) is 0.500. The molecule has 0 aliphatic rings. The molecule has 1 aromatic rings. The van der Waals surface area contributed by atoms with Crippen LogP contribution in [0.25, 0.3) is 0 Å². The van der Waals surface area contributed by atoms with Gasteiger partial charge in [-0.15, -0.1) is 0 Å². The molecule has 0 aromatic carbocycles. The van der Waals surface area contributed by atoms with E-state index in [-0.39, 0.29) is 5.91 Å². The van der Waals surface area contributed by atoms with Gasteiger partial charge in [0, 0.05) is 36.5 Å². The van der Waals surface area contributed by atoms with Crippen LogP contribution in [0.15, 0.2) is 22.9 Å². The molecule has 1 rings (SSSR count). The van der Waals surface area contributed by atoms with E-state index < -0.39 is 0 Å². The van der Waals surface area contributed by atoms with E-state index in [1.165, 1.54) is 0 Å². The Morgan fingerprint density at radius 1 is 1.41 bits per heavy atom. The van der Waals surface area contributed by atoms with Crippen LogP contribution in [0.4, 0.5) is 0 Å². The number of carbonyl (C=O) groups is 1. The Balaban J connectivity index is 2.35. The van der Waals surface area contributed by atoms with E-state index in [4.69, 9.17) is 0 Å². The molecule has 5 heteroatoms. The third-order valence-electron chi connectivity index (χ3n) is 2.48. The minimum atomic E-state index is 0.137. The van der Waals surface area contributed by atoms with Gasteiger partial charge < -0.3 is 10.2 Å². The summed E-state index contributed by atoms with van der Waals surface area (Å²) >= 11 is 3.36. The van der Waals surface area contributed by atoms with Crippen molar-refractivity contribution in [1.29, 1.82) is 0 Å². The smallest absolute Gasteiger partial charge is 0.236 e. The summed E-state index contributed by atoms with van der Waals surface area (Å²) in [5.41, 5.74) is 1.06. The number of aromatic nitrogens is 1. The molecule has 1 N–H and O–H groups in total. The Hall–Kier alpha value is -0.940. The highest BCUT2D eigenvalue weighted by Crippen LogP contribution is 2.08. The van der Waals surface area contributed by atoms with E-state index in [0.717, 1.165) is 23.1 Å². The first-order valence-electron chi connectivity index (χ1n) is 5.75. The Morgan fingerprint density at radius 3 is 2.71 bits per heavy atom. The zero-order valence-electron chi connectivity index (χ0n) is 10.2. The SMILES string of the molecule is CCN(CC)C(=O)CNCc1cncc(Br)c1. The minimum Gasteiger partial charge on any atom is -0.342 e.